The van der Waals surface area contributed by atoms with Crippen molar-refractivity contribution in [2.24, 2.45) is 0 Å². The molecule has 3 aromatic heterocycles. The van der Waals surface area contributed by atoms with Crippen molar-refractivity contribution >= 4 is 28.7 Å². The molecule has 0 unspecified atom stereocenters. The second-order valence-corrected chi connectivity index (χ2v) is 7.89. The van der Waals surface area contributed by atoms with Crippen LogP contribution in [0.5, 0.6) is 0 Å². The van der Waals surface area contributed by atoms with Gasteiger partial charge in [-0.25, -0.2) is 14.6 Å². The van der Waals surface area contributed by atoms with E-state index in [2.05, 4.69) is 10.1 Å². The Kier molecular flexibility index (Phi) is 6.18. The van der Waals surface area contributed by atoms with Gasteiger partial charge in [-0.05, 0) is 37.1 Å². The molecule has 158 valence electrons. The highest BCUT2D eigenvalue weighted by molar-refractivity contribution is 7.98. The van der Waals surface area contributed by atoms with Crippen LogP contribution in [0.25, 0.3) is 11.0 Å². The molecule has 1 aromatic carbocycles. The molecular weight excluding hydrogens is 416 g/mol. The van der Waals surface area contributed by atoms with Crippen LogP contribution in [0.3, 0.4) is 0 Å². The maximum Gasteiger partial charge on any atom is 0.341 e. The molecule has 31 heavy (non-hydrogen) atoms. The van der Waals surface area contributed by atoms with Crippen LogP contribution in [0.2, 0.25) is 0 Å². The second-order valence-electron chi connectivity index (χ2n) is 6.92. The number of hydrogen-bond acceptors (Lipinski definition) is 8. The zero-order valence-corrected chi connectivity index (χ0v) is 17.9. The van der Waals surface area contributed by atoms with Gasteiger partial charge in [-0.1, -0.05) is 36.0 Å². The summed E-state index contributed by atoms with van der Waals surface area (Å²) in [5.41, 5.74) is 2.78. The van der Waals surface area contributed by atoms with Gasteiger partial charge in [0, 0.05) is 35.0 Å². The molecule has 7 nitrogen and oxygen atoms in total. The number of benzene rings is 1. The molecule has 0 atom stereocenters. The second kappa shape index (κ2) is 9.18. The number of hydrogen-bond donors (Lipinski definition) is 0. The molecule has 3 heterocycles. The van der Waals surface area contributed by atoms with Gasteiger partial charge in [-0.2, -0.15) is 0 Å². The van der Waals surface area contributed by atoms with Crippen LogP contribution < -0.4 is 5.63 Å². The molecule has 0 N–H and O–H groups in total. The number of carbonyl (C=O) groups is 1. The number of ether oxygens (including phenoxy) is 1. The molecule has 4 aromatic rings. The van der Waals surface area contributed by atoms with E-state index in [4.69, 9.17) is 13.7 Å². The number of esters is 1. The lowest BCUT2D eigenvalue weighted by Gasteiger charge is -2.10. The average Bonchev–Trinajstić information content (AvgIpc) is 3.20. The third kappa shape index (κ3) is 4.86. The van der Waals surface area contributed by atoms with Crippen LogP contribution in [-0.2, 0) is 23.5 Å². The first kappa shape index (κ1) is 20.9. The lowest BCUT2D eigenvalue weighted by Crippen LogP contribution is -2.09. The molecule has 0 radical (unpaired) electrons. The minimum atomic E-state index is -0.515. The number of pyridine rings is 1. The molecule has 0 fully saturated rings. The number of thioether (sulfide) groups is 1. The molecule has 0 saturated carbocycles. The first-order valence-corrected chi connectivity index (χ1v) is 10.7. The topological polar surface area (TPSA) is 95.4 Å². The maximum absolute atomic E-state index is 12.8. The smallest absolute Gasteiger partial charge is 0.341 e. The first-order chi connectivity index (χ1) is 15.0. The summed E-state index contributed by atoms with van der Waals surface area (Å²) in [6.07, 6.45) is 2.45. The van der Waals surface area contributed by atoms with Crippen molar-refractivity contribution in [3.05, 3.63) is 87.2 Å². The van der Waals surface area contributed by atoms with Crippen LogP contribution in [0.1, 0.15) is 39.9 Å². The molecule has 0 bridgehead atoms. The van der Waals surface area contributed by atoms with Gasteiger partial charge in [0.05, 0.1) is 11.3 Å². The zero-order chi connectivity index (χ0) is 21.8. The first-order valence-electron chi connectivity index (χ1n) is 9.76. The lowest BCUT2D eigenvalue weighted by molar-refractivity contribution is 0.0468. The number of nitrogens with zero attached hydrogens (tertiary/aromatic N) is 2. The minimum absolute atomic E-state index is 0.0477. The maximum atomic E-state index is 12.8. The van der Waals surface area contributed by atoms with Crippen molar-refractivity contribution in [2.45, 2.75) is 37.7 Å². The monoisotopic (exact) mass is 436 g/mol. The SMILES string of the molecule is CCc1ccc2c(COC(=O)c3cccnc3SCc3cc(C)on3)cc(=O)oc2c1. The average molecular weight is 436 g/mol. The van der Waals surface area contributed by atoms with Gasteiger partial charge in [0.25, 0.3) is 0 Å². The molecule has 0 saturated heterocycles. The summed E-state index contributed by atoms with van der Waals surface area (Å²) in [4.78, 5) is 29.0. The van der Waals surface area contributed by atoms with Crippen molar-refractivity contribution in [1.29, 1.82) is 0 Å². The van der Waals surface area contributed by atoms with Gasteiger partial charge in [0.15, 0.2) is 0 Å². The summed E-state index contributed by atoms with van der Waals surface area (Å²) in [6.45, 7) is 3.80. The van der Waals surface area contributed by atoms with Crippen LogP contribution in [0, 0.1) is 6.92 Å². The van der Waals surface area contributed by atoms with Crippen LogP contribution in [0.15, 0.2) is 67.4 Å². The standard InChI is InChI=1S/C23H20N2O5S/c1-3-15-6-7-18-16(11-21(26)29-20(18)10-15)12-28-23(27)19-5-4-8-24-22(19)31-13-17-9-14(2)30-25-17/h4-11H,3,12-13H2,1-2H3. The van der Waals surface area contributed by atoms with Crippen LogP contribution >= 0.6 is 11.8 Å². The number of fused-ring (bicyclic) bond motifs is 1. The Balaban J connectivity index is 1.51. The number of aromatic nitrogens is 2. The Hall–Kier alpha value is -3.39. The summed E-state index contributed by atoms with van der Waals surface area (Å²) in [6, 6.07) is 12.2. The van der Waals surface area contributed by atoms with E-state index in [-0.39, 0.29) is 6.61 Å². The van der Waals surface area contributed by atoms with E-state index in [9.17, 15) is 9.59 Å². The van der Waals surface area contributed by atoms with E-state index in [1.165, 1.54) is 17.8 Å². The van der Waals surface area contributed by atoms with Gasteiger partial charge in [-0.15, -0.1) is 0 Å². The Morgan fingerprint density at radius 3 is 2.84 bits per heavy atom. The molecule has 0 aliphatic rings. The molecule has 0 spiro atoms. The zero-order valence-electron chi connectivity index (χ0n) is 17.1. The van der Waals surface area contributed by atoms with E-state index < -0.39 is 11.6 Å². The predicted octanol–water partition coefficient (Wildman–Crippen LogP) is 4.70. The van der Waals surface area contributed by atoms with Gasteiger partial charge in [-0.3, -0.25) is 0 Å². The normalized spacial score (nSPS) is 11.0. The third-order valence-electron chi connectivity index (χ3n) is 4.69. The molecule has 8 heteroatoms. The minimum Gasteiger partial charge on any atom is -0.457 e. The third-order valence-corrected chi connectivity index (χ3v) is 5.73. The Morgan fingerprint density at radius 1 is 1.19 bits per heavy atom. The van der Waals surface area contributed by atoms with Gasteiger partial charge >= 0.3 is 11.6 Å². The number of aryl methyl sites for hydroxylation is 2. The number of carbonyl (C=O) groups excluding carboxylic acids is 1. The van der Waals surface area contributed by atoms with E-state index in [0.717, 1.165) is 28.8 Å². The van der Waals surface area contributed by atoms with Gasteiger partial charge in [0.2, 0.25) is 0 Å². The van der Waals surface area contributed by atoms with Crippen molar-refractivity contribution < 1.29 is 18.5 Å². The summed E-state index contributed by atoms with van der Waals surface area (Å²) >= 11 is 1.37. The van der Waals surface area contributed by atoms with Crippen LogP contribution in [0.4, 0.5) is 0 Å². The van der Waals surface area contributed by atoms with Crippen molar-refractivity contribution in [3.63, 3.8) is 0 Å². The Morgan fingerprint density at radius 2 is 2.06 bits per heavy atom. The summed E-state index contributed by atoms with van der Waals surface area (Å²) < 4.78 is 15.9. The fraction of sp³-hybridized carbons (Fsp3) is 0.217. The summed E-state index contributed by atoms with van der Waals surface area (Å²) in [5.74, 6) is 0.721. The van der Waals surface area contributed by atoms with Crippen molar-refractivity contribution in [1.82, 2.24) is 10.1 Å². The molecule has 4 rings (SSSR count). The quantitative estimate of drug-likeness (QED) is 0.234. The van der Waals surface area contributed by atoms with Crippen molar-refractivity contribution in [3.8, 4) is 0 Å². The van der Waals surface area contributed by atoms with Crippen LogP contribution in [-0.4, -0.2) is 16.1 Å². The van der Waals surface area contributed by atoms with E-state index in [1.807, 2.05) is 38.1 Å². The highest BCUT2D eigenvalue weighted by atomic mass is 32.2. The lowest BCUT2D eigenvalue weighted by atomic mass is 10.1. The van der Waals surface area contributed by atoms with E-state index >= 15 is 0 Å². The molecule has 0 aliphatic heterocycles. The van der Waals surface area contributed by atoms with Gasteiger partial charge in [0.1, 0.15) is 23.0 Å². The van der Waals surface area contributed by atoms with Crippen molar-refractivity contribution in [2.75, 3.05) is 0 Å². The van der Waals surface area contributed by atoms with E-state index in [0.29, 0.717) is 27.5 Å². The fourth-order valence-corrected chi connectivity index (χ4v) is 3.99. The largest absolute Gasteiger partial charge is 0.457 e. The molecule has 0 amide bonds. The summed E-state index contributed by atoms with van der Waals surface area (Å²) in [7, 11) is 0. The Labute approximate surface area is 182 Å². The van der Waals surface area contributed by atoms with E-state index in [1.54, 1.807) is 18.3 Å². The highest BCUT2D eigenvalue weighted by Crippen LogP contribution is 2.25. The number of rotatable bonds is 7. The molecule has 0 aliphatic carbocycles. The predicted molar refractivity (Wildman–Crippen MR) is 116 cm³/mol. The fourth-order valence-electron chi connectivity index (χ4n) is 3.12. The summed E-state index contributed by atoms with van der Waals surface area (Å²) in [5, 5.41) is 5.23. The molecular formula is C23H20N2O5S. The van der Waals surface area contributed by atoms with Gasteiger partial charge < -0.3 is 13.7 Å². The highest BCUT2D eigenvalue weighted by Gasteiger charge is 2.16. The Bertz CT molecular complexity index is 1290.